The Balaban J connectivity index is 1.62. The van der Waals surface area contributed by atoms with Gasteiger partial charge in [0, 0.05) is 28.1 Å². The van der Waals surface area contributed by atoms with Crippen LogP contribution in [-0.2, 0) is 10.0 Å². The molecule has 1 fully saturated rings. The summed E-state index contributed by atoms with van der Waals surface area (Å²) < 4.78 is 29.6. The molecule has 2 N–H and O–H groups in total. The second-order valence-electron chi connectivity index (χ2n) is 8.98. The van der Waals surface area contributed by atoms with Crippen molar-refractivity contribution in [3.05, 3.63) is 71.8 Å². The first-order chi connectivity index (χ1) is 15.8. The second-order valence-corrected chi connectivity index (χ2v) is 10.7. The fraction of sp³-hybridized carbons (Fsp3) is 0.346. The average molecular weight is 466 g/mol. The average Bonchev–Trinajstić information content (AvgIpc) is 2.79. The summed E-state index contributed by atoms with van der Waals surface area (Å²) in [5, 5.41) is 4.23. The smallest absolute Gasteiger partial charge is 0.255 e. The van der Waals surface area contributed by atoms with E-state index in [0.29, 0.717) is 27.9 Å². The number of anilines is 1. The summed E-state index contributed by atoms with van der Waals surface area (Å²) in [4.78, 5) is 15.4. The van der Waals surface area contributed by atoms with Crippen LogP contribution in [0.3, 0.4) is 0 Å². The molecule has 3 aromatic rings. The van der Waals surface area contributed by atoms with Crippen LogP contribution in [0.4, 0.5) is 5.69 Å². The first kappa shape index (κ1) is 23.4. The van der Waals surface area contributed by atoms with Crippen molar-refractivity contribution in [2.24, 2.45) is 5.92 Å². The highest BCUT2D eigenvalue weighted by molar-refractivity contribution is 7.89. The van der Waals surface area contributed by atoms with Crippen molar-refractivity contribution >= 4 is 32.4 Å². The minimum absolute atomic E-state index is 0.150. The van der Waals surface area contributed by atoms with Gasteiger partial charge in [-0.1, -0.05) is 42.5 Å². The van der Waals surface area contributed by atoms with Crippen LogP contribution in [0.1, 0.15) is 35.7 Å². The van der Waals surface area contributed by atoms with Gasteiger partial charge in [-0.05, 0) is 76.5 Å². The zero-order valence-corrected chi connectivity index (χ0v) is 20.2. The van der Waals surface area contributed by atoms with Crippen LogP contribution < -0.4 is 10.0 Å². The van der Waals surface area contributed by atoms with Crippen LogP contribution in [0, 0.1) is 12.8 Å². The van der Waals surface area contributed by atoms with Crippen molar-refractivity contribution in [3.63, 3.8) is 0 Å². The van der Waals surface area contributed by atoms with Gasteiger partial charge in [0.1, 0.15) is 0 Å². The summed E-state index contributed by atoms with van der Waals surface area (Å²) in [6, 6.07) is 17.8. The number of rotatable bonds is 6. The topological polar surface area (TPSA) is 78.5 Å². The molecule has 1 atom stereocenters. The predicted molar refractivity (Wildman–Crippen MR) is 133 cm³/mol. The van der Waals surface area contributed by atoms with E-state index in [2.05, 4.69) is 22.0 Å². The van der Waals surface area contributed by atoms with Crippen molar-refractivity contribution in [2.75, 3.05) is 25.5 Å². The van der Waals surface area contributed by atoms with Gasteiger partial charge in [0.2, 0.25) is 10.0 Å². The van der Waals surface area contributed by atoms with Gasteiger partial charge in [-0.25, -0.2) is 13.1 Å². The number of piperidine rings is 1. The van der Waals surface area contributed by atoms with Crippen molar-refractivity contribution in [2.45, 2.75) is 37.6 Å². The monoisotopic (exact) mass is 465 g/mol. The van der Waals surface area contributed by atoms with Gasteiger partial charge in [-0.2, -0.15) is 0 Å². The quantitative estimate of drug-likeness (QED) is 0.565. The summed E-state index contributed by atoms with van der Waals surface area (Å²) in [6.45, 7) is 5.80. The molecular formula is C26H31N3O3S. The van der Waals surface area contributed by atoms with Crippen LogP contribution in [0.15, 0.2) is 65.6 Å². The standard InChI is InChI=1S/C26H31N3O3S/c1-18-8-4-5-9-21(18)26(30)27-24-12-13-25(23-11-7-6-10-22(23)24)33(31,32)28-19(2)20-14-16-29(3)17-15-20/h4-13,19-20,28H,14-17H2,1-3H3,(H,27,30)/t19-/m1/s1. The Labute approximate surface area is 196 Å². The normalized spacial score (nSPS) is 16.6. The molecule has 4 rings (SSSR count). The van der Waals surface area contributed by atoms with E-state index in [1.807, 2.05) is 50.2 Å². The minimum Gasteiger partial charge on any atom is -0.321 e. The van der Waals surface area contributed by atoms with Gasteiger partial charge in [0.05, 0.1) is 4.90 Å². The van der Waals surface area contributed by atoms with E-state index in [1.54, 1.807) is 24.3 Å². The third kappa shape index (κ3) is 5.11. The number of likely N-dealkylation sites (tertiary alicyclic amines) is 1. The molecule has 0 bridgehead atoms. The highest BCUT2D eigenvalue weighted by atomic mass is 32.2. The Morgan fingerprint density at radius 3 is 2.30 bits per heavy atom. The van der Waals surface area contributed by atoms with E-state index in [4.69, 9.17) is 0 Å². The third-order valence-corrected chi connectivity index (χ3v) is 8.24. The Morgan fingerprint density at radius 1 is 0.970 bits per heavy atom. The maximum atomic E-state index is 13.4. The fourth-order valence-corrected chi connectivity index (χ4v) is 6.09. The fourth-order valence-electron chi connectivity index (χ4n) is 4.57. The van der Waals surface area contributed by atoms with Gasteiger partial charge < -0.3 is 10.2 Å². The molecule has 174 valence electrons. The van der Waals surface area contributed by atoms with Crippen LogP contribution in [-0.4, -0.2) is 45.4 Å². The van der Waals surface area contributed by atoms with Gasteiger partial charge in [0.15, 0.2) is 0 Å². The number of hydrogen-bond donors (Lipinski definition) is 2. The summed E-state index contributed by atoms with van der Waals surface area (Å²) in [6.07, 6.45) is 1.95. The van der Waals surface area contributed by atoms with Gasteiger partial charge >= 0.3 is 0 Å². The van der Waals surface area contributed by atoms with Gasteiger partial charge in [0.25, 0.3) is 5.91 Å². The number of carbonyl (C=O) groups excluding carboxylic acids is 1. The Hall–Kier alpha value is -2.74. The molecule has 3 aromatic carbocycles. The SMILES string of the molecule is Cc1ccccc1C(=O)Nc1ccc(S(=O)(=O)N[C@H](C)C2CCN(C)CC2)c2ccccc12. The zero-order chi connectivity index (χ0) is 23.6. The number of fused-ring (bicyclic) bond motifs is 1. The third-order valence-electron chi connectivity index (χ3n) is 6.62. The maximum Gasteiger partial charge on any atom is 0.255 e. The van der Waals surface area contributed by atoms with Crippen LogP contribution in [0.2, 0.25) is 0 Å². The van der Waals surface area contributed by atoms with E-state index in [9.17, 15) is 13.2 Å². The number of nitrogens with one attached hydrogen (secondary N) is 2. The first-order valence-corrected chi connectivity index (χ1v) is 12.8. The van der Waals surface area contributed by atoms with E-state index in [1.165, 1.54) is 0 Å². The van der Waals surface area contributed by atoms with Crippen LogP contribution in [0.25, 0.3) is 10.8 Å². The Bertz CT molecular complexity index is 1260. The van der Waals surface area contributed by atoms with E-state index in [-0.39, 0.29) is 16.8 Å². The molecule has 1 aliphatic heterocycles. The molecule has 6 nitrogen and oxygen atoms in total. The molecule has 1 amide bonds. The highest BCUT2D eigenvalue weighted by Gasteiger charge is 2.27. The van der Waals surface area contributed by atoms with Crippen molar-refractivity contribution in [1.29, 1.82) is 0 Å². The molecule has 1 aliphatic rings. The molecule has 0 saturated carbocycles. The summed E-state index contributed by atoms with van der Waals surface area (Å²) >= 11 is 0. The van der Waals surface area contributed by atoms with E-state index < -0.39 is 10.0 Å². The largest absolute Gasteiger partial charge is 0.321 e. The molecule has 33 heavy (non-hydrogen) atoms. The lowest BCUT2D eigenvalue weighted by molar-refractivity contribution is 0.102. The lowest BCUT2D eigenvalue weighted by Crippen LogP contribution is -2.43. The number of carbonyl (C=O) groups is 1. The number of benzene rings is 3. The molecule has 1 heterocycles. The zero-order valence-electron chi connectivity index (χ0n) is 19.3. The Kier molecular flexibility index (Phi) is 6.83. The number of hydrogen-bond acceptors (Lipinski definition) is 4. The van der Waals surface area contributed by atoms with E-state index in [0.717, 1.165) is 31.5 Å². The number of nitrogens with zero attached hydrogens (tertiary/aromatic N) is 1. The van der Waals surface area contributed by atoms with Gasteiger partial charge in [-0.3, -0.25) is 4.79 Å². The molecular weight excluding hydrogens is 434 g/mol. The van der Waals surface area contributed by atoms with E-state index >= 15 is 0 Å². The summed E-state index contributed by atoms with van der Waals surface area (Å²) in [5.41, 5.74) is 2.05. The molecule has 0 aliphatic carbocycles. The summed E-state index contributed by atoms with van der Waals surface area (Å²) in [5.74, 6) is 0.0952. The molecule has 1 saturated heterocycles. The molecule has 0 unspecified atom stereocenters. The van der Waals surface area contributed by atoms with Crippen molar-refractivity contribution in [1.82, 2.24) is 9.62 Å². The maximum absolute atomic E-state index is 13.4. The number of amides is 1. The molecule has 7 heteroatoms. The number of aryl methyl sites for hydroxylation is 1. The highest BCUT2D eigenvalue weighted by Crippen LogP contribution is 2.31. The lowest BCUT2D eigenvalue weighted by Gasteiger charge is -2.33. The minimum atomic E-state index is -3.73. The van der Waals surface area contributed by atoms with Gasteiger partial charge in [-0.15, -0.1) is 0 Å². The Morgan fingerprint density at radius 2 is 1.61 bits per heavy atom. The van der Waals surface area contributed by atoms with Crippen molar-refractivity contribution in [3.8, 4) is 0 Å². The lowest BCUT2D eigenvalue weighted by atomic mass is 9.91. The molecule has 0 radical (unpaired) electrons. The predicted octanol–water partition coefficient (Wildman–Crippen LogP) is 4.41. The number of sulfonamides is 1. The molecule has 0 spiro atoms. The van der Waals surface area contributed by atoms with Crippen LogP contribution >= 0.6 is 0 Å². The van der Waals surface area contributed by atoms with Crippen LogP contribution in [0.5, 0.6) is 0 Å². The summed E-state index contributed by atoms with van der Waals surface area (Å²) in [7, 11) is -1.64. The molecule has 0 aromatic heterocycles. The second kappa shape index (κ2) is 9.63. The first-order valence-electron chi connectivity index (χ1n) is 11.4. The van der Waals surface area contributed by atoms with Crippen molar-refractivity contribution < 1.29 is 13.2 Å².